The van der Waals surface area contributed by atoms with E-state index in [0.717, 1.165) is 0 Å². The van der Waals surface area contributed by atoms with E-state index in [4.69, 9.17) is 10.00 Å². The van der Waals surface area contributed by atoms with Gasteiger partial charge in [0.05, 0.1) is 18.7 Å². The Morgan fingerprint density at radius 1 is 1.40 bits per heavy atom. The van der Waals surface area contributed by atoms with Gasteiger partial charge in [-0.1, -0.05) is 0 Å². The topological polar surface area (TPSA) is 45.0 Å². The van der Waals surface area contributed by atoms with Crippen LogP contribution in [0.3, 0.4) is 0 Å². The SMILES string of the molecule is N#CC(NCC(F)(F)F)C1CCOCC1. The average molecular weight is 222 g/mol. The number of hydrogen-bond donors (Lipinski definition) is 1. The summed E-state index contributed by atoms with van der Waals surface area (Å²) in [5.41, 5.74) is 0. The molecule has 0 saturated carbocycles. The minimum absolute atomic E-state index is 0.0360. The Morgan fingerprint density at radius 2 is 2.00 bits per heavy atom. The second kappa shape index (κ2) is 5.33. The molecule has 0 spiro atoms. The highest BCUT2D eigenvalue weighted by molar-refractivity contribution is 4.95. The highest BCUT2D eigenvalue weighted by atomic mass is 19.4. The zero-order valence-electron chi connectivity index (χ0n) is 8.18. The van der Waals surface area contributed by atoms with E-state index in [9.17, 15) is 13.2 Å². The summed E-state index contributed by atoms with van der Waals surface area (Å²) in [5.74, 6) is -0.0360. The van der Waals surface area contributed by atoms with Gasteiger partial charge >= 0.3 is 6.18 Å². The molecule has 0 aliphatic carbocycles. The van der Waals surface area contributed by atoms with Gasteiger partial charge in [-0.3, -0.25) is 5.32 Å². The van der Waals surface area contributed by atoms with Crippen LogP contribution in [0.15, 0.2) is 0 Å². The summed E-state index contributed by atoms with van der Waals surface area (Å²) in [6.45, 7) is -0.0598. The van der Waals surface area contributed by atoms with Crippen LogP contribution in [0.1, 0.15) is 12.8 Å². The van der Waals surface area contributed by atoms with Gasteiger partial charge in [-0.2, -0.15) is 18.4 Å². The molecule has 0 aromatic rings. The van der Waals surface area contributed by atoms with Crippen LogP contribution < -0.4 is 5.32 Å². The largest absolute Gasteiger partial charge is 0.401 e. The fraction of sp³-hybridized carbons (Fsp3) is 0.889. The molecule has 0 aromatic carbocycles. The maximum absolute atomic E-state index is 11.9. The zero-order valence-corrected chi connectivity index (χ0v) is 8.18. The highest BCUT2D eigenvalue weighted by Crippen LogP contribution is 2.20. The normalized spacial score (nSPS) is 20.9. The van der Waals surface area contributed by atoms with Crippen molar-refractivity contribution in [3.8, 4) is 6.07 Å². The Kier molecular flexibility index (Phi) is 4.36. The third-order valence-corrected chi connectivity index (χ3v) is 2.40. The van der Waals surface area contributed by atoms with E-state index in [1.165, 1.54) is 0 Å². The molecule has 1 aliphatic rings. The lowest BCUT2D eigenvalue weighted by atomic mass is 9.92. The van der Waals surface area contributed by atoms with Crippen LogP contribution in [-0.4, -0.2) is 32.0 Å². The molecule has 1 heterocycles. The van der Waals surface area contributed by atoms with Gasteiger partial charge in [-0.05, 0) is 18.8 Å². The van der Waals surface area contributed by atoms with Crippen LogP contribution in [-0.2, 0) is 4.74 Å². The second-order valence-electron chi connectivity index (χ2n) is 3.55. The van der Waals surface area contributed by atoms with Crippen molar-refractivity contribution in [2.75, 3.05) is 19.8 Å². The Morgan fingerprint density at radius 3 is 2.47 bits per heavy atom. The Hall–Kier alpha value is -0.800. The summed E-state index contributed by atoms with van der Waals surface area (Å²) in [5, 5.41) is 11.0. The fourth-order valence-electron chi connectivity index (χ4n) is 1.59. The first-order valence-corrected chi connectivity index (χ1v) is 4.80. The molecule has 0 aromatic heterocycles. The van der Waals surface area contributed by atoms with Gasteiger partial charge in [-0.25, -0.2) is 0 Å². The van der Waals surface area contributed by atoms with Crippen molar-refractivity contribution in [1.29, 1.82) is 5.26 Å². The number of nitriles is 1. The maximum atomic E-state index is 11.9. The monoisotopic (exact) mass is 222 g/mol. The molecule has 0 bridgehead atoms. The van der Waals surface area contributed by atoms with E-state index in [-0.39, 0.29) is 5.92 Å². The van der Waals surface area contributed by atoms with Crippen LogP contribution in [0.2, 0.25) is 0 Å². The third kappa shape index (κ3) is 4.49. The lowest BCUT2D eigenvalue weighted by molar-refractivity contribution is -0.126. The number of alkyl halides is 3. The van der Waals surface area contributed by atoms with E-state index in [2.05, 4.69) is 5.32 Å². The van der Waals surface area contributed by atoms with Gasteiger partial charge in [0.25, 0.3) is 0 Å². The summed E-state index contributed by atoms with van der Waals surface area (Å²) in [6.07, 6.45) is -2.98. The van der Waals surface area contributed by atoms with Crippen LogP contribution in [0.4, 0.5) is 13.2 Å². The molecule has 0 amide bonds. The molecule has 1 rings (SSSR count). The molecule has 1 saturated heterocycles. The van der Waals surface area contributed by atoms with Crippen LogP contribution in [0.25, 0.3) is 0 Å². The van der Waals surface area contributed by atoms with Crippen molar-refractivity contribution in [3.63, 3.8) is 0 Å². The number of ether oxygens (including phenoxy) is 1. The summed E-state index contributed by atoms with van der Waals surface area (Å²) in [4.78, 5) is 0. The van der Waals surface area contributed by atoms with Gasteiger partial charge in [0, 0.05) is 13.2 Å². The Balaban J connectivity index is 2.38. The fourth-order valence-corrected chi connectivity index (χ4v) is 1.59. The molecule has 1 atom stereocenters. The van der Waals surface area contributed by atoms with E-state index in [1.54, 1.807) is 0 Å². The quantitative estimate of drug-likeness (QED) is 0.786. The number of nitrogens with one attached hydrogen (secondary N) is 1. The Labute approximate surface area is 86.2 Å². The Bertz CT molecular complexity index is 230. The highest BCUT2D eigenvalue weighted by Gasteiger charge is 2.31. The molecule has 15 heavy (non-hydrogen) atoms. The van der Waals surface area contributed by atoms with Crippen LogP contribution in [0.5, 0.6) is 0 Å². The summed E-state index contributed by atoms with van der Waals surface area (Å²) < 4.78 is 40.8. The second-order valence-corrected chi connectivity index (χ2v) is 3.55. The van der Waals surface area contributed by atoms with E-state index in [1.807, 2.05) is 6.07 Å². The minimum atomic E-state index is -4.26. The predicted molar refractivity (Wildman–Crippen MR) is 47.0 cm³/mol. The van der Waals surface area contributed by atoms with Gasteiger partial charge in [0.15, 0.2) is 0 Å². The first-order valence-electron chi connectivity index (χ1n) is 4.80. The number of rotatable bonds is 3. The average Bonchev–Trinajstić information content (AvgIpc) is 2.19. The summed E-state index contributed by atoms with van der Waals surface area (Å²) >= 11 is 0. The number of nitrogens with zero attached hydrogens (tertiary/aromatic N) is 1. The molecule has 1 aliphatic heterocycles. The molecule has 86 valence electrons. The molecule has 1 N–H and O–H groups in total. The van der Waals surface area contributed by atoms with Crippen molar-refractivity contribution >= 4 is 0 Å². The molecule has 3 nitrogen and oxygen atoms in total. The number of hydrogen-bond acceptors (Lipinski definition) is 3. The predicted octanol–water partition coefficient (Wildman–Crippen LogP) is 1.46. The molecule has 1 fully saturated rings. The van der Waals surface area contributed by atoms with Crippen LogP contribution in [0, 0.1) is 17.2 Å². The molecular formula is C9H13F3N2O. The number of halogens is 3. The van der Waals surface area contributed by atoms with Crippen molar-refractivity contribution < 1.29 is 17.9 Å². The van der Waals surface area contributed by atoms with E-state index < -0.39 is 18.8 Å². The van der Waals surface area contributed by atoms with Gasteiger partial charge in [-0.15, -0.1) is 0 Å². The van der Waals surface area contributed by atoms with Crippen molar-refractivity contribution in [3.05, 3.63) is 0 Å². The van der Waals surface area contributed by atoms with Crippen molar-refractivity contribution in [1.82, 2.24) is 5.32 Å². The smallest absolute Gasteiger partial charge is 0.381 e. The van der Waals surface area contributed by atoms with E-state index >= 15 is 0 Å². The third-order valence-electron chi connectivity index (χ3n) is 2.40. The van der Waals surface area contributed by atoms with Crippen molar-refractivity contribution in [2.24, 2.45) is 5.92 Å². The maximum Gasteiger partial charge on any atom is 0.401 e. The minimum Gasteiger partial charge on any atom is -0.381 e. The molecule has 6 heteroatoms. The zero-order chi connectivity index (χ0) is 11.3. The first kappa shape index (κ1) is 12.3. The molecular weight excluding hydrogens is 209 g/mol. The molecule has 0 radical (unpaired) electrons. The first-order chi connectivity index (χ1) is 7.03. The lowest BCUT2D eigenvalue weighted by Gasteiger charge is -2.26. The van der Waals surface area contributed by atoms with Gasteiger partial charge in [0.2, 0.25) is 0 Å². The summed E-state index contributed by atoms with van der Waals surface area (Å²) in [6, 6.07) is 1.15. The lowest BCUT2D eigenvalue weighted by Crippen LogP contribution is -2.42. The van der Waals surface area contributed by atoms with Crippen LogP contribution >= 0.6 is 0 Å². The molecule has 1 unspecified atom stereocenters. The van der Waals surface area contributed by atoms with Crippen molar-refractivity contribution in [2.45, 2.75) is 25.1 Å². The van der Waals surface area contributed by atoms with Gasteiger partial charge in [0.1, 0.15) is 0 Å². The van der Waals surface area contributed by atoms with Gasteiger partial charge < -0.3 is 4.74 Å². The summed E-state index contributed by atoms with van der Waals surface area (Å²) in [7, 11) is 0. The van der Waals surface area contributed by atoms with E-state index in [0.29, 0.717) is 26.1 Å². The standard InChI is InChI=1S/C9H13F3N2O/c10-9(11,12)6-14-8(5-13)7-1-3-15-4-2-7/h7-8,14H,1-4,6H2.